The average molecular weight is 205 g/mol. The molecule has 0 aromatic carbocycles. The highest BCUT2D eigenvalue weighted by atomic mass is 16.5. The van der Waals surface area contributed by atoms with E-state index in [0.717, 1.165) is 5.88 Å². The average Bonchev–Trinajstić information content (AvgIpc) is 2.98. The van der Waals surface area contributed by atoms with Crippen molar-refractivity contribution in [3.63, 3.8) is 0 Å². The van der Waals surface area contributed by atoms with Gasteiger partial charge >= 0.3 is 0 Å². The van der Waals surface area contributed by atoms with Crippen LogP contribution < -0.4 is 4.74 Å². The van der Waals surface area contributed by atoms with Crippen LogP contribution in [0.15, 0.2) is 12.1 Å². The first-order valence-electron chi connectivity index (χ1n) is 5.58. The number of hydrogen-bond acceptors (Lipinski definition) is 2. The molecule has 1 aromatic heterocycles. The molecule has 1 aromatic rings. The van der Waals surface area contributed by atoms with E-state index in [4.69, 9.17) is 4.74 Å². The lowest BCUT2D eigenvalue weighted by atomic mass is 9.85. The zero-order valence-corrected chi connectivity index (χ0v) is 10.0. The van der Waals surface area contributed by atoms with Gasteiger partial charge in [0, 0.05) is 12.0 Å². The monoisotopic (exact) mass is 205 g/mol. The summed E-state index contributed by atoms with van der Waals surface area (Å²) in [5.41, 5.74) is 2.80. The summed E-state index contributed by atoms with van der Waals surface area (Å²) in [5.74, 6) is 1.42. The Hall–Kier alpha value is -1.05. The van der Waals surface area contributed by atoms with Crippen LogP contribution in [-0.4, -0.2) is 12.1 Å². The van der Waals surface area contributed by atoms with E-state index in [0.29, 0.717) is 5.92 Å². The van der Waals surface area contributed by atoms with Crippen molar-refractivity contribution in [2.75, 3.05) is 7.11 Å². The fourth-order valence-electron chi connectivity index (χ4n) is 1.87. The lowest BCUT2D eigenvalue weighted by molar-refractivity contribution is 0.394. The van der Waals surface area contributed by atoms with Crippen molar-refractivity contribution in [1.82, 2.24) is 4.98 Å². The molecular weight excluding hydrogens is 186 g/mol. The van der Waals surface area contributed by atoms with Gasteiger partial charge in [0.2, 0.25) is 5.88 Å². The molecular formula is C13H19NO. The molecule has 2 heteroatoms. The fraction of sp³-hybridized carbons (Fsp3) is 0.615. The van der Waals surface area contributed by atoms with E-state index in [9.17, 15) is 0 Å². The van der Waals surface area contributed by atoms with Crippen molar-refractivity contribution in [2.24, 2.45) is 0 Å². The molecule has 0 radical (unpaired) electrons. The van der Waals surface area contributed by atoms with Crippen LogP contribution in [0.5, 0.6) is 5.88 Å². The van der Waals surface area contributed by atoms with Crippen LogP contribution in [-0.2, 0) is 5.41 Å². The number of pyridine rings is 1. The molecule has 2 rings (SSSR count). The van der Waals surface area contributed by atoms with Crippen LogP contribution in [0, 0.1) is 0 Å². The smallest absolute Gasteiger partial charge is 0.213 e. The second-order valence-corrected chi connectivity index (χ2v) is 5.31. The Bertz CT molecular complexity index is 361. The minimum Gasteiger partial charge on any atom is -0.481 e. The molecule has 1 saturated carbocycles. The Labute approximate surface area is 91.7 Å². The minimum absolute atomic E-state index is 0.178. The highest BCUT2D eigenvalue weighted by Gasteiger charge is 2.31. The van der Waals surface area contributed by atoms with Crippen LogP contribution in [0.4, 0.5) is 0 Å². The molecule has 0 saturated heterocycles. The van der Waals surface area contributed by atoms with E-state index >= 15 is 0 Å². The lowest BCUT2D eigenvalue weighted by Gasteiger charge is -2.22. The predicted molar refractivity (Wildman–Crippen MR) is 61.5 cm³/mol. The quantitative estimate of drug-likeness (QED) is 0.739. The van der Waals surface area contributed by atoms with E-state index < -0.39 is 0 Å². The van der Waals surface area contributed by atoms with Crippen LogP contribution in [0.1, 0.15) is 50.8 Å². The fourth-order valence-corrected chi connectivity index (χ4v) is 1.87. The van der Waals surface area contributed by atoms with Gasteiger partial charge in [0.25, 0.3) is 0 Å². The SMILES string of the molecule is COc1ccc(C(C)(C)C)c(C2CC2)n1. The molecule has 1 aliphatic carbocycles. The van der Waals surface area contributed by atoms with Gasteiger partial charge < -0.3 is 4.74 Å². The molecule has 0 amide bonds. The molecule has 15 heavy (non-hydrogen) atoms. The third-order valence-corrected chi connectivity index (χ3v) is 2.88. The van der Waals surface area contributed by atoms with Crippen molar-refractivity contribution in [3.05, 3.63) is 23.4 Å². The van der Waals surface area contributed by atoms with Crippen molar-refractivity contribution < 1.29 is 4.74 Å². The summed E-state index contributed by atoms with van der Waals surface area (Å²) in [5, 5.41) is 0. The van der Waals surface area contributed by atoms with Gasteiger partial charge in [-0.15, -0.1) is 0 Å². The second kappa shape index (κ2) is 3.51. The predicted octanol–water partition coefficient (Wildman–Crippen LogP) is 3.27. The molecule has 0 aliphatic heterocycles. The number of rotatable bonds is 2. The van der Waals surface area contributed by atoms with Gasteiger partial charge in [0.05, 0.1) is 12.8 Å². The maximum absolute atomic E-state index is 5.19. The first-order chi connectivity index (χ1) is 7.02. The minimum atomic E-state index is 0.178. The molecule has 0 atom stereocenters. The highest BCUT2D eigenvalue weighted by Crippen LogP contribution is 2.43. The summed E-state index contributed by atoms with van der Waals surface area (Å²) >= 11 is 0. The van der Waals surface area contributed by atoms with Gasteiger partial charge in [0.1, 0.15) is 0 Å². The van der Waals surface area contributed by atoms with Gasteiger partial charge in [-0.05, 0) is 23.8 Å². The van der Waals surface area contributed by atoms with Crippen molar-refractivity contribution in [3.8, 4) is 5.88 Å². The van der Waals surface area contributed by atoms with Gasteiger partial charge in [0.15, 0.2) is 0 Å². The first-order valence-corrected chi connectivity index (χ1v) is 5.58. The number of ether oxygens (including phenoxy) is 1. The molecule has 0 bridgehead atoms. The third-order valence-electron chi connectivity index (χ3n) is 2.88. The van der Waals surface area contributed by atoms with Crippen molar-refractivity contribution >= 4 is 0 Å². The Balaban J connectivity index is 2.45. The number of methoxy groups -OCH3 is 1. The molecule has 1 heterocycles. The maximum Gasteiger partial charge on any atom is 0.213 e. The Morgan fingerprint density at radius 2 is 1.93 bits per heavy atom. The standard InChI is InChI=1S/C13H19NO/c1-13(2,3)10-7-8-11(15-4)14-12(10)9-5-6-9/h7-9H,5-6H2,1-4H3. The van der Waals surface area contributed by atoms with Gasteiger partial charge in [-0.1, -0.05) is 26.8 Å². The zero-order valence-electron chi connectivity index (χ0n) is 10.0. The maximum atomic E-state index is 5.19. The normalized spacial score (nSPS) is 16.5. The van der Waals surface area contributed by atoms with E-state index in [1.165, 1.54) is 24.1 Å². The first kappa shape index (κ1) is 10.5. The number of hydrogen-bond donors (Lipinski definition) is 0. The van der Waals surface area contributed by atoms with Gasteiger partial charge in [-0.2, -0.15) is 0 Å². The Morgan fingerprint density at radius 3 is 2.40 bits per heavy atom. The molecule has 0 spiro atoms. The van der Waals surface area contributed by atoms with Crippen LogP contribution >= 0.6 is 0 Å². The molecule has 82 valence electrons. The van der Waals surface area contributed by atoms with Gasteiger partial charge in [-0.25, -0.2) is 4.98 Å². The van der Waals surface area contributed by atoms with Gasteiger partial charge in [-0.3, -0.25) is 0 Å². The summed E-state index contributed by atoms with van der Waals surface area (Å²) in [6.45, 7) is 6.72. The van der Waals surface area contributed by atoms with Crippen LogP contribution in [0.25, 0.3) is 0 Å². The van der Waals surface area contributed by atoms with E-state index in [-0.39, 0.29) is 5.41 Å². The summed E-state index contributed by atoms with van der Waals surface area (Å²) in [4.78, 5) is 4.60. The third kappa shape index (κ3) is 2.14. The van der Waals surface area contributed by atoms with Crippen LogP contribution in [0.2, 0.25) is 0 Å². The topological polar surface area (TPSA) is 22.1 Å². The molecule has 2 nitrogen and oxygen atoms in total. The lowest BCUT2D eigenvalue weighted by Crippen LogP contribution is -2.15. The molecule has 0 unspecified atom stereocenters. The second-order valence-electron chi connectivity index (χ2n) is 5.31. The Kier molecular flexibility index (Phi) is 2.45. The van der Waals surface area contributed by atoms with E-state index in [1.807, 2.05) is 6.07 Å². The Morgan fingerprint density at radius 1 is 1.27 bits per heavy atom. The van der Waals surface area contributed by atoms with Crippen molar-refractivity contribution in [1.29, 1.82) is 0 Å². The van der Waals surface area contributed by atoms with Crippen molar-refractivity contribution in [2.45, 2.75) is 44.9 Å². The summed E-state index contributed by atoms with van der Waals surface area (Å²) < 4.78 is 5.19. The highest BCUT2D eigenvalue weighted by molar-refractivity contribution is 5.35. The molecule has 1 fully saturated rings. The van der Waals surface area contributed by atoms with E-state index in [1.54, 1.807) is 7.11 Å². The number of nitrogens with zero attached hydrogens (tertiary/aromatic N) is 1. The molecule has 0 N–H and O–H groups in total. The van der Waals surface area contributed by atoms with Crippen LogP contribution in [0.3, 0.4) is 0 Å². The summed E-state index contributed by atoms with van der Waals surface area (Å²) in [6, 6.07) is 4.13. The molecule has 1 aliphatic rings. The summed E-state index contributed by atoms with van der Waals surface area (Å²) in [6.07, 6.45) is 2.56. The number of aromatic nitrogens is 1. The largest absolute Gasteiger partial charge is 0.481 e. The summed E-state index contributed by atoms with van der Waals surface area (Å²) in [7, 11) is 1.68. The van der Waals surface area contributed by atoms with E-state index in [2.05, 4.69) is 31.8 Å². The zero-order chi connectivity index (χ0) is 11.1.